The van der Waals surface area contributed by atoms with Crippen LogP contribution in [0.3, 0.4) is 0 Å². The number of rotatable bonds is 4. The van der Waals surface area contributed by atoms with Crippen molar-refractivity contribution in [3.63, 3.8) is 0 Å². The molecule has 1 heterocycles. The monoisotopic (exact) mass is 273 g/mol. The Morgan fingerprint density at radius 1 is 1.61 bits per heavy atom. The Morgan fingerprint density at radius 3 is 2.72 bits per heavy atom. The third-order valence-corrected chi connectivity index (χ3v) is 3.26. The van der Waals surface area contributed by atoms with Crippen LogP contribution < -0.4 is 11.1 Å². The van der Waals surface area contributed by atoms with Crippen molar-refractivity contribution in [1.82, 2.24) is 10.3 Å². The molecule has 100 valence electrons. The van der Waals surface area contributed by atoms with E-state index < -0.39 is 5.82 Å². The van der Waals surface area contributed by atoms with Gasteiger partial charge in [-0.25, -0.2) is 9.37 Å². The molecule has 1 saturated carbocycles. The molecule has 1 unspecified atom stereocenters. The third kappa shape index (κ3) is 3.17. The number of nitrogens with two attached hydrogens (primary N) is 1. The van der Waals surface area contributed by atoms with Gasteiger partial charge in [-0.2, -0.15) is 0 Å². The van der Waals surface area contributed by atoms with Crippen LogP contribution in [0.25, 0.3) is 0 Å². The van der Waals surface area contributed by atoms with Gasteiger partial charge in [-0.15, -0.1) is 12.4 Å². The van der Waals surface area contributed by atoms with Gasteiger partial charge in [0.2, 0.25) is 0 Å². The largest absolute Gasteiger partial charge is 0.344 e. The number of nitrogens with one attached hydrogen (secondary N) is 1. The summed E-state index contributed by atoms with van der Waals surface area (Å²) in [6, 6.07) is 2.59. The Morgan fingerprint density at radius 2 is 2.28 bits per heavy atom. The molecule has 18 heavy (non-hydrogen) atoms. The van der Waals surface area contributed by atoms with Gasteiger partial charge in [0.1, 0.15) is 11.5 Å². The molecule has 1 fully saturated rings. The first-order valence-corrected chi connectivity index (χ1v) is 5.69. The highest BCUT2D eigenvalue weighted by Crippen LogP contribution is 2.39. The Hall–Kier alpha value is -1.20. The van der Waals surface area contributed by atoms with Crippen molar-refractivity contribution >= 4 is 18.3 Å². The van der Waals surface area contributed by atoms with E-state index in [1.165, 1.54) is 12.1 Å². The summed E-state index contributed by atoms with van der Waals surface area (Å²) in [6.07, 6.45) is 3.21. The molecule has 1 aliphatic rings. The molecule has 0 aromatic carbocycles. The molecule has 3 N–H and O–H groups in total. The van der Waals surface area contributed by atoms with Crippen LogP contribution in [0.15, 0.2) is 18.3 Å². The zero-order valence-corrected chi connectivity index (χ0v) is 11.0. The molecule has 6 heteroatoms. The lowest BCUT2D eigenvalue weighted by molar-refractivity contribution is 0.0892. The van der Waals surface area contributed by atoms with Crippen molar-refractivity contribution in [2.45, 2.75) is 25.3 Å². The second-order valence-electron chi connectivity index (χ2n) is 4.71. The molecule has 0 spiro atoms. The minimum atomic E-state index is -0.453. The van der Waals surface area contributed by atoms with Crippen molar-refractivity contribution in [3.05, 3.63) is 29.8 Å². The summed E-state index contributed by atoms with van der Waals surface area (Å²) in [5, 5.41) is 2.89. The third-order valence-electron chi connectivity index (χ3n) is 3.26. The molecule has 4 nitrogen and oxygen atoms in total. The fourth-order valence-electron chi connectivity index (χ4n) is 1.87. The predicted molar refractivity (Wildman–Crippen MR) is 69.1 cm³/mol. The fraction of sp³-hybridized carbons (Fsp3) is 0.500. The van der Waals surface area contributed by atoms with Crippen LogP contribution >= 0.6 is 12.4 Å². The summed E-state index contributed by atoms with van der Waals surface area (Å²) in [7, 11) is 0. The van der Waals surface area contributed by atoms with E-state index in [0.717, 1.165) is 19.0 Å². The normalized spacial score (nSPS) is 17.5. The Kier molecular flexibility index (Phi) is 4.65. The number of nitrogens with zero attached hydrogens (tertiary/aromatic N) is 1. The van der Waals surface area contributed by atoms with E-state index in [4.69, 9.17) is 5.73 Å². The molecular formula is C12H17ClFN3O. The van der Waals surface area contributed by atoms with Gasteiger partial charge in [0, 0.05) is 6.54 Å². The summed E-state index contributed by atoms with van der Waals surface area (Å²) in [4.78, 5) is 15.7. The van der Waals surface area contributed by atoms with E-state index in [-0.39, 0.29) is 29.5 Å². The molecule has 1 amide bonds. The maximum Gasteiger partial charge on any atom is 0.270 e. The first kappa shape index (κ1) is 14.9. The zero-order valence-electron chi connectivity index (χ0n) is 10.1. The molecule has 1 aliphatic carbocycles. The zero-order chi connectivity index (χ0) is 12.5. The molecule has 2 rings (SSSR count). The van der Waals surface area contributed by atoms with Gasteiger partial charge in [-0.3, -0.25) is 4.79 Å². The van der Waals surface area contributed by atoms with E-state index in [2.05, 4.69) is 10.3 Å². The van der Waals surface area contributed by atoms with E-state index in [1.54, 1.807) is 0 Å². The van der Waals surface area contributed by atoms with Gasteiger partial charge in [0.25, 0.3) is 5.91 Å². The smallest absolute Gasteiger partial charge is 0.270 e. The van der Waals surface area contributed by atoms with Crippen LogP contribution in [0.2, 0.25) is 0 Å². The SMILES string of the molecule is CC(CN)(NC(=O)c1ccc(F)cn1)C1CC1.Cl. The van der Waals surface area contributed by atoms with Crippen molar-refractivity contribution < 1.29 is 9.18 Å². The number of halogens is 2. The van der Waals surface area contributed by atoms with Gasteiger partial charge in [-0.1, -0.05) is 0 Å². The summed E-state index contributed by atoms with van der Waals surface area (Å²) in [5.74, 6) is -0.313. The van der Waals surface area contributed by atoms with Crippen LogP contribution in [0.1, 0.15) is 30.3 Å². The molecular weight excluding hydrogens is 257 g/mol. The molecule has 1 atom stereocenters. The minimum absolute atomic E-state index is 0. The van der Waals surface area contributed by atoms with Crippen molar-refractivity contribution in [1.29, 1.82) is 0 Å². The number of carbonyl (C=O) groups excluding carboxylic acids is 1. The molecule has 0 radical (unpaired) electrons. The summed E-state index contributed by atoms with van der Waals surface area (Å²) < 4.78 is 12.7. The first-order valence-electron chi connectivity index (χ1n) is 5.69. The highest BCUT2D eigenvalue weighted by atomic mass is 35.5. The maximum atomic E-state index is 12.7. The molecule has 0 aliphatic heterocycles. The van der Waals surface area contributed by atoms with Gasteiger partial charge in [-0.05, 0) is 37.8 Å². The van der Waals surface area contributed by atoms with E-state index in [1.807, 2.05) is 6.92 Å². The lowest BCUT2D eigenvalue weighted by Crippen LogP contribution is -2.53. The van der Waals surface area contributed by atoms with E-state index in [9.17, 15) is 9.18 Å². The molecule has 1 aromatic heterocycles. The van der Waals surface area contributed by atoms with Gasteiger partial charge in [0.05, 0.1) is 11.7 Å². The number of pyridine rings is 1. The Labute approximate surface area is 112 Å². The van der Waals surface area contributed by atoms with Gasteiger partial charge >= 0.3 is 0 Å². The Bertz CT molecular complexity index is 422. The van der Waals surface area contributed by atoms with Gasteiger partial charge in [0.15, 0.2) is 0 Å². The lowest BCUT2D eigenvalue weighted by Gasteiger charge is -2.29. The number of hydrogen-bond acceptors (Lipinski definition) is 3. The predicted octanol–water partition coefficient (Wildman–Crippen LogP) is 1.50. The average molecular weight is 274 g/mol. The molecule has 0 saturated heterocycles. The minimum Gasteiger partial charge on any atom is -0.344 e. The standard InChI is InChI=1S/C12H16FN3O.ClH/c1-12(7-14,8-2-3-8)16-11(17)10-5-4-9(13)6-15-10;/h4-6,8H,2-3,7,14H2,1H3,(H,16,17);1H. The van der Waals surface area contributed by atoms with Crippen molar-refractivity contribution in [2.24, 2.45) is 11.7 Å². The fourth-order valence-corrected chi connectivity index (χ4v) is 1.87. The first-order chi connectivity index (χ1) is 8.05. The second kappa shape index (κ2) is 5.63. The van der Waals surface area contributed by atoms with Crippen LogP contribution in [0.4, 0.5) is 4.39 Å². The van der Waals surface area contributed by atoms with E-state index >= 15 is 0 Å². The van der Waals surface area contributed by atoms with Crippen LogP contribution in [-0.4, -0.2) is 23.0 Å². The topological polar surface area (TPSA) is 68.0 Å². The maximum absolute atomic E-state index is 12.7. The molecule has 1 aromatic rings. The molecule has 0 bridgehead atoms. The number of hydrogen-bond donors (Lipinski definition) is 2. The Balaban J connectivity index is 0.00000162. The summed E-state index contributed by atoms with van der Waals surface area (Å²) in [6.45, 7) is 2.33. The highest BCUT2D eigenvalue weighted by Gasteiger charge is 2.41. The van der Waals surface area contributed by atoms with Crippen LogP contribution in [0.5, 0.6) is 0 Å². The lowest BCUT2D eigenvalue weighted by atomic mass is 9.96. The van der Waals surface area contributed by atoms with Crippen LogP contribution in [0, 0.1) is 11.7 Å². The second-order valence-corrected chi connectivity index (χ2v) is 4.71. The van der Waals surface area contributed by atoms with Crippen LogP contribution in [-0.2, 0) is 0 Å². The number of amides is 1. The van der Waals surface area contributed by atoms with Crippen molar-refractivity contribution in [2.75, 3.05) is 6.54 Å². The van der Waals surface area contributed by atoms with E-state index in [0.29, 0.717) is 12.5 Å². The highest BCUT2D eigenvalue weighted by molar-refractivity contribution is 5.92. The quantitative estimate of drug-likeness (QED) is 0.874. The number of aromatic nitrogens is 1. The summed E-state index contributed by atoms with van der Waals surface area (Å²) >= 11 is 0. The van der Waals surface area contributed by atoms with Crippen molar-refractivity contribution in [3.8, 4) is 0 Å². The summed E-state index contributed by atoms with van der Waals surface area (Å²) in [5.41, 5.74) is 5.54. The average Bonchev–Trinajstić information content (AvgIpc) is 3.13. The van der Waals surface area contributed by atoms with Gasteiger partial charge < -0.3 is 11.1 Å². The number of carbonyl (C=O) groups is 1.